The summed E-state index contributed by atoms with van der Waals surface area (Å²) in [5.41, 5.74) is 1.28. The lowest BCUT2D eigenvalue weighted by atomic mass is 10.2. The van der Waals surface area contributed by atoms with Gasteiger partial charge in [-0.25, -0.2) is 16.8 Å². The van der Waals surface area contributed by atoms with E-state index in [-0.39, 0.29) is 22.9 Å². The van der Waals surface area contributed by atoms with Crippen LogP contribution in [-0.4, -0.2) is 80.2 Å². The second-order valence-corrected chi connectivity index (χ2v) is 14.0. The number of halogens is 1. The van der Waals surface area contributed by atoms with Gasteiger partial charge in [-0.15, -0.1) is 0 Å². The maximum absolute atomic E-state index is 13.6. The van der Waals surface area contributed by atoms with Gasteiger partial charge in [0.2, 0.25) is 15.9 Å². The van der Waals surface area contributed by atoms with E-state index in [2.05, 4.69) is 21.2 Å². The van der Waals surface area contributed by atoms with Gasteiger partial charge in [0.15, 0.2) is 0 Å². The Morgan fingerprint density at radius 1 is 0.976 bits per heavy atom. The molecule has 0 aromatic heterocycles. The van der Waals surface area contributed by atoms with Crippen LogP contribution >= 0.6 is 15.9 Å². The molecule has 42 heavy (non-hydrogen) atoms. The van der Waals surface area contributed by atoms with E-state index in [0.29, 0.717) is 48.0 Å². The maximum atomic E-state index is 13.6. The van der Waals surface area contributed by atoms with Crippen molar-refractivity contribution in [2.75, 3.05) is 57.4 Å². The van der Waals surface area contributed by atoms with Crippen LogP contribution < -0.4 is 19.1 Å². The Hall–Kier alpha value is -3.17. The number of hydrogen-bond donors (Lipinski definition) is 1. The Kier molecular flexibility index (Phi) is 10.5. The molecule has 0 spiro atoms. The standard InChI is InChI=1S/C28H32BrN3O8S2/c1-21-3-5-22(6-4-21)32(42(36,37)25-11-12-27(38-2)26(29)19-25)20-28(33)30-13-16-40-23-7-9-24(10-8-23)41(34,35)31-14-17-39-18-15-31/h3-12,19H,13-18,20H2,1-2H3,(H,30,33). The molecule has 14 heteroatoms. The molecule has 4 rings (SSSR count). The van der Waals surface area contributed by atoms with Crippen LogP contribution in [0.2, 0.25) is 0 Å². The number of hydrogen-bond acceptors (Lipinski definition) is 8. The lowest BCUT2D eigenvalue weighted by Crippen LogP contribution is -2.42. The maximum Gasteiger partial charge on any atom is 0.264 e. The highest BCUT2D eigenvalue weighted by Gasteiger charge is 2.28. The van der Waals surface area contributed by atoms with Crippen molar-refractivity contribution in [2.45, 2.75) is 16.7 Å². The Balaban J connectivity index is 1.37. The van der Waals surface area contributed by atoms with Crippen LogP contribution in [0.5, 0.6) is 11.5 Å². The summed E-state index contributed by atoms with van der Waals surface area (Å²) in [7, 11) is -6.24. The minimum Gasteiger partial charge on any atom is -0.496 e. The predicted molar refractivity (Wildman–Crippen MR) is 161 cm³/mol. The number of benzene rings is 3. The summed E-state index contributed by atoms with van der Waals surface area (Å²) < 4.78 is 71.8. The van der Waals surface area contributed by atoms with Gasteiger partial charge in [-0.05, 0) is 77.5 Å². The van der Waals surface area contributed by atoms with E-state index in [1.54, 1.807) is 36.4 Å². The summed E-state index contributed by atoms with van der Waals surface area (Å²) in [6, 6.07) is 17.3. The van der Waals surface area contributed by atoms with Crippen LogP contribution in [0, 0.1) is 6.92 Å². The van der Waals surface area contributed by atoms with Crippen LogP contribution in [0.1, 0.15) is 5.56 Å². The van der Waals surface area contributed by atoms with E-state index in [1.165, 1.54) is 41.7 Å². The normalized spacial score (nSPS) is 14.3. The fourth-order valence-electron chi connectivity index (χ4n) is 4.15. The van der Waals surface area contributed by atoms with Crippen molar-refractivity contribution in [2.24, 2.45) is 0 Å². The highest BCUT2D eigenvalue weighted by molar-refractivity contribution is 9.10. The monoisotopic (exact) mass is 681 g/mol. The average molecular weight is 683 g/mol. The SMILES string of the molecule is COc1ccc(S(=O)(=O)N(CC(=O)NCCOc2ccc(S(=O)(=O)N3CCOCC3)cc2)c2ccc(C)cc2)cc1Br. The zero-order valence-corrected chi connectivity index (χ0v) is 26.4. The highest BCUT2D eigenvalue weighted by atomic mass is 79.9. The third kappa shape index (κ3) is 7.61. The van der Waals surface area contributed by atoms with Crippen LogP contribution in [0.25, 0.3) is 0 Å². The van der Waals surface area contributed by atoms with Crippen LogP contribution in [0.3, 0.4) is 0 Å². The Morgan fingerprint density at radius 3 is 2.24 bits per heavy atom. The number of sulfonamides is 2. The molecule has 1 aliphatic heterocycles. The number of amides is 1. The van der Waals surface area contributed by atoms with Crippen molar-refractivity contribution in [3.8, 4) is 11.5 Å². The fraction of sp³-hybridized carbons (Fsp3) is 0.321. The molecule has 1 saturated heterocycles. The number of ether oxygens (including phenoxy) is 3. The van der Waals surface area contributed by atoms with Crippen LogP contribution in [-0.2, 0) is 29.6 Å². The fourth-order valence-corrected chi connectivity index (χ4v) is 7.70. The van der Waals surface area contributed by atoms with Crippen molar-refractivity contribution in [1.29, 1.82) is 0 Å². The molecular weight excluding hydrogens is 650 g/mol. The van der Waals surface area contributed by atoms with E-state index >= 15 is 0 Å². The quantitative estimate of drug-likeness (QED) is 0.289. The molecule has 3 aromatic rings. The van der Waals surface area contributed by atoms with E-state index in [9.17, 15) is 21.6 Å². The zero-order chi connectivity index (χ0) is 30.3. The van der Waals surface area contributed by atoms with Crippen molar-refractivity contribution in [1.82, 2.24) is 9.62 Å². The van der Waals surface area contributed by atoms with Crippen LogP contribution in [0.4, 0.5) is 5.69 Å². The van der Waals surface area contributed by atoms with Crippen LogP contribution in [0.15, 0.2) is 81.0 Å². The first kappa shape index (κ1) is 31.8. The molecule has 0 atom stereocenters. The Morgan fingerprint density at radius 2 is 1.62 bits per heavy atom. The molecule has 0 unspecified atom stereocenters. The van der Waals surface area contributed by atoms with Gasteiger partial charge in [0.05, 0.1) is 46.8 Å². The smallest absolute Gasteiger partial charge is 0.264 e. The van der Waals surface area contributed by atoms with Gasteiger partial charge >= 0.3 is 0 Å². The van der Waals surface area contributed by atoms with E-state index in [4.69, 9.17) is 14.2 Å². The second kappa shape index (κ2) is 13.9. The summed E-state index contributed by atoms with van der Waals surface area (Å²) in [5.74, 6) is 0.378. The molecule has 1 fully saturated rings. The molecule has 226 valence electrons. The van der Waals surface area contributed by atoms with E-state index in [0.717, 1.165) is 9.87 Å². The van der Waals surface area contributed by atoms with E-state index < -0.39 is 32.5 Å². The molecular formula is C28H32BrN3O8S2. The van der Waals surface area contributed by atoms with Gasteiger partial charge in [0, 0.05) is 13.1 Å². The molecule has 1 N–H and O–H groups in total. The molecule has 0 saturated carbocycles. The Labute approximate surface area is 254 Å². The lowest BCUT2D eigenvalue weighted by Gasteiger charge is -2.26. The van der Waals surface area contributed by atoms with Gasteiger partial charge in [0.1, 0.15) is 24.7 Å². The van der Waals surface area contributed by atoms with Crippen molar-refractivity contribution in [3.63, 3.8) is 0 Å². The number of anilines is 1. The number of nitrogens with zero attached hydrogens (tertiary/aromatic N) is 2. The summed E-state index contributed by atoms with van der Waals surface area (Å²) in [6.07, 6.45) is 0. The first-order valence-corrected chi connectivity index (χ1v) is 16.7. The van der Waals surface area contributed by atoms with E-state index in [1.807, 2.05) is 6.92 Å². The molecule has 0 bridgehead atoms. The summed E-state index contributed by atoms with van der Waals surface area (Å²) in [6.45, 7) is 2.95. The van der Waals surface area contributed by atoms with Crippen molar-refractivity contribution in [3.05, 3.63) is 76.8 Å². The van der Waals surface area contributed by atoms with Gasteiger partial charge < -0.3 is 19.5 Å². The van der Waals surface area contributed by atoms with Gasteiger partial charge in [-0.2, -0.15) is 4.31 Å². The summed E-state index contributed by atoms with van der Waals surface area (Å²) in [5, 5.41) is 2.68. The molecule has 1 aliphatic rings. The predicted octanol–water partition coefficient (Wildman–Crippen LogP) is 3.18. The van der Waals surface area contributed by atoms with Crippen molar-refractivity contribution >= 4 is 47.6 Å². The minimum absolute atomic E-state index is 0.00837. The number of aryl methyl sites for hydroxylation is 1. The third-order valence-electron chi connectivity index (χ3n) is 6.44. The second-order valence-electron chi connectivity index (χ2n) is 9.33. The van der Waals surface area contributed by atoms with Gasteiger partial charge in [0.25, 0.3) is 10.0 Å². The Bertz CT molecular complexity index is 1590. The number of nitrogens with one attached hydrogen (secondary N) is 1. The third-order valence-corrected chi connectivity index (χ3v) is 10.7. The molecule has 1 heterocycles. The number of rotatable bonds is 12. The van der Waals surface area contributed by atoms with Crippen molar-refractivity contribution < 1.29 is 35.8 Å². The van der Waals surface area contributed by atoms with Gasteiger partial charge in [-0.3, -0.25) is 9.10 Å². The molecule has 1 amide bonds. The largest absolute Gasteiger partial charge is 0.496 e. The number of carbonyl (C=O) groups is 1. The topological polar surface area (TPSA) is 132 Å². The molecule has 0 radical (unpaired) electrons. The highest BCUT2D eigenvalue weighted by Crippen LogP contribution is 2.31. The lowest BCUT2D eigenvalue weighted by molar-refractivity contribution is -0.119. The first-order chi connectivity index (χ1) is 20.0. The summed E-state index contributed by atoms with van der Waals surface area (Å²) in [4.78, 5) is 13.0. The minimum atomic E-state index is -4.11. The zero-order valence-electron chi connectivity index (χ0n) is 23.2. The molecule has 0 aliphatic carbocycles. The first-order valence-electron chi connectivity index (χ1n) is 13.0. The summed E-state index contributed by atoms with van der Waals surface area (Å²) >= 11 is 3.32. The number of carbonyl (C=O) groups excluding carboxylic acids is 1. The molecule has 3 aromatic carbocycles. The average Bonchev–Trinajstić information content (AvgIpc) is 2.99. The molecule has 11 nitrogen and oxygen atoms in total. The number of methoxy groups -OCH3 is 1. The van der Waals surface area contributed by atoms with Gasteiger partial charge in [-0.1, -0.05) is 17.7 Å². The number of morpholine rings is 1.